The zero-order valence-corrected chi connectivity index (χ0v) is 10.1. The van der Waals surface area contributed by atoms with Crippen LogP contribution in [-0.2, 0) is 9.53 Å². The van der Waals surface area contributed by atoms with Crippen molar-refractivity contribution in [3.8, 4) is 6.07 Å². The Balaban J connectivity index is 4.47. The molecule has 86 valence electrons. The summed E-state index contributed by atoms with van der Waals surface area (Å²) >= 11 is 0. The summed E-state index contributed by atoms with van der Waals surface area (Å²) in [6.07, 6.45) is 1.43. The summed E-state index contributed by atoms with van der Waals surface area (Å²) in [6, 6.07) is 2.22. The van der Waals surface area contributed by atoms with E-state index in [2.05, 4.69) is 19.9 Å². The zero-order chi connectivity index (χ0) is 11.8. The van der Waals surface area contributed by atoms with Crippen molar-refractivity contribution in [3.63, 3.8) is 0 Å². The molecule has 0 saturated carbocycles. The number of carbonyl (C=O) groups is 1. The van der Waals surface area contributed by atoms with E-state index in [1.807, 2.05) is 6.92 Å². The summed E-state index contributed by atoms with van der Waals surface area (Å²) in [5, 5.41) is 9.04. The van der Waals surface area contributed by atoms with E-state index < -0.39 is 0 Å². The molecule has 0 radical (unpaired) electrons. The van der Waals surface area contributed by atoms with Crippen molar-refractivity contribution >= 4 is 5.97 Å². The third-order valence-corrected chi connectivity index (χ3v) is 2.41. The zero-order valence-electron chi connectivity index (χ0n) is 10.1. The molecule has 0 aromatic heterocycles. The molecular weight excluding hydrogens is 190 g/mol. The maximum Gasteiger partial charge on any atom is 0.310 e. The lowest BCUT2D eigenvalue weighted by molar-refractivity contribution is -0.149. The molecule has 0 aliphatic rings. The normalized spacial score (nSPS) is 14.4. The molecule has 0 aromatic rings. The number of hydrogen-bond acceptors (Lipinski definition) is 3. The Bertz CT molecular complexity index is 230. The smallest absolute Gasteiger partial charge is 0.310 e. The molecule has 3 nitrogen and oxygen atoms in total. The first kappa shape index (κ1) is 14.0. The second-order valence-electron chi connectivity index (χ2n) is 4.13. The van der Waals surface area contributed by atoms with Gasteiger partial charge >= 0.3 is 5.97 Å². The standard InChI is InChI=1S/C12H21NO2/c1-5-11(12(14)15-6-2)10(8-13)7-9(3)4/h9-11H,5-7H2,1-4H3/t10?,11-/m1/s1. The first-order chi connectivity index (χ1) is 7.06. The molecule has 0 aliphatic carbocycles. The minimum atomic E-state index is -0.266. The highest BCUT2D eigenvalue weighted by molar-refractivity contribution is 5.73. The Morgan fingerprint density at radius 1 is 1.40 bits per heavy atom. The van der Waals surface area contributed by atoms with Crippen LogP contribution in [0.4, 0.5) is 0 Å². The lowest BCUT2D eigenvalue weighted by Crippen LogP contribution is -2.25. The van der Waals surface area contributed by atoms with Gasteiger partial charge < -0.3 is 4.74 Å². The lowest BCUT2D eigenvalue weighted by Gasteiger charge is -2.20. The fourth-order valence-corrected chi connectivity index (χ4v) is 1.68. The van der Waals surface area contributed by atoms with Crippen molar-refractivity contribution in [2.75, 3.05) is 6.61 Å². The minimum Gasteiger partial charge on any atom is -0.466 e. The molecule has 0 rings (SSSR count). The Hall–Kier alpha value is -1.04. The van der Waals surface area contributed by atoms with E-state index in [0.29, 0.717) is 18.9 Å². The van der Waals surface area contributed by atoms with Gasteiger partial charge in [-0.2, -0.15) is 5.26 Å². The van der Waals surface area contributed by atoms with Crippen LogP contribution in [0.2, 0.25) is 0 Å². The number of carbonyl (C=O) groups excluding carboxylic acids is 1. The molecule has 3 heteroatoms. The van der Waals surface area contributed by atoms with Crippen LogP contribution in [0.3, 0.4) is 0 Å². The van der Waals surface area contributed by atoms with Crippen LogP contribution < -0.4 is 0 Å². The highest BCUT2D eigenvalue weighted by Gasteiger charge is 2.28. The summed E-state index contributed by atoms with van der Waals surface area (Å²) in [5.41, 5.74) is 0. The molecule has 1 unspecified atom stereocenters. The molecule has 0 amide bonds. The van der Waals surface area contributed by atoms with Gasteiger partial charge in [-0.3, -0.25) is 4.79 Å². The Morgan fingerprint density at radius 2 is 2.00 bits per heavy atom. The number of nitrogens with zero attached hydrogens (tertiary/aromatic N) is 1. The maximum atomic E-state index is 11.6. The number of rotatable bonds is 6. The summed E-state index contributed by atoms with van der Waals surface area (Å²) in [6.45, 7) is 8.21. The van der Waals surface area contributed by atoms with Gasteiger partial charge in [0.2, 0.25) is 0 Å². The molecular formula is C12H21NO2. The number of nitriles is 1. The molecule has 0 spiro atoms. The second-order valence-corrected chi connectivity index (χ2v) is 4.13. The van der Waals surface area contributed by atoms with E-state index in [0.717, 1.165) is 6.42 Å². The average molecular weight is 211 g/mol. The van der Waals surface area contributed by atoms with Gasteiger partial charge in [0.1, 0.15) is 0 Å². The highest BCUT2D eigenvalue weighted by Crippen LogP contribution is 2.23. The lowest BCUT2D eigenvalue weighted by atomic mass is 9.85. The van der Waals surface area contributed by atoms with Crippen LogP contribution in [0.1, 0.15) is 40.5 Å². The predicted octanol–water partition coefficient (Wildman–Crippen LogP) is 2.76. The molecule has 0 bridgehead atoms. The number of ether oxygens (including phenoxy) is 1. The van der Waals surface area contributed by atoms with Gasteiger partial charge in [-0.1, -0.05) is 20.8 Å². The van der Waals surface area contributed by atoms with Crippen LogP contribution in [0, 0.1) is 29.1 Å². The van der Waals surface area contributed by atoms with Gasteiger partial charge in [-0.25, -0.2) is 0 Å². The summed E-state index contributed by atoms with van der Waals surface area (Å²) in [4.78, 5) is 11.6. The van der Waals surface area contributed by atoms with Gasteiger partial charge in [0.15, 0.2) is 0 Å². The van der Waals surface area contributed by atoms with E-state index in [4.69, 9.17) is 10.00 Å². The molecule has 15 heavy (non-hydrogen) atoms. The first-order valence-corrected chi connectivity index (χ1v) is 5.62. The third-order valence-electron chi connectivity index (χ3n) is 2.41. The second kappa shape index (κ2) is 7.28. The maximum absolute atomic E-state index is 11.6. The summed E-state index contributed by atoms with van der Waals surface area (Å²) in [7, 11) is 0. The van der Waals surface area contributed by atoms with E-state index in [9.17, 15) is 4.79 Å². The van der Waals surface area contributed by atoms with E-state index in [1.54, 1.807) is 6.92 Å². The SMILES string of the molecule is CCOC(=O)[C@H](CC)C(C#N)CC(C)C. The largest absolute Gasteiger partial charge is 0.466 e. The fraction of sp³-hybridized carbons (Fsp3) is 0.833. The molecule has 0 N–H and O–H groups in total. The van der Waals surface area contributed by atoms with E-state index in [1.165, 1.54) is 0 Å². The van der Waals surface area contributed by atoms with Crippen LogP contribution in [0.25, 0.3) is 0 Å². The average Bonchev–Trinajstić information content (AvgIpc) is 2.17. The van der Waals surface area contributed by atoms with Gasteiger partial charge in [-0.05, 0) is 25.7 Å². The van der Waals surface area contributed by atoms with Crippen molar-refractivity contribution < 1.29 is 9.53 Å². The van der Waals surface area contributed by atoms with Gasteiger partial charge in [0.05, 0.1) is 24.5 Å². The fourth-order valence-electron chi connectivity index (χ4n) is 1.68. The molecule has 0 aliphatic heterocycles. The van der Waals surface area contributed by atoms with Crippen LogP contribution in [-0.4, -0.2) is 12.6 Å². The third kappa shape index (κ3) is 4.83. The van der Waals surface area contributed by atoms with Crippen molar-refractivity contribution in [2.45, 2.75) is 40.5 Å². The molecule has 0 heterocycles. The van der Waals surface area contributed by atoms with E-state index >= 15 is 0 Å². The van der Waals surface area contributed by atoms with Crippen LogP contribution >= 0.6 is 0 Å². The molecule has 2 atom stereocenters. The topological polar surface area (TPSA) is 50.1 Å². The van der Waals surface area contributed by atoms with Crippen LogP contribution in [0.5, 0.6) is 0 Å². The van der Waals surface area contributed by atoms with Crippen LogP contribution in [0.15, 0.2) is 0 Å². The number of hydrogen-bond donors (Lipinski definition) is 0. The van der Waals surface area contributed by atoms with Crippen molar-refractivity contribution in [3.05, 3.63) is 0 Å². The minimum absolute atomic E-state index is 0.214. The monoisotopic (exact) mass is 211 g/mol. The van der Waals surface area contributed by atoms with Crippen molar-refractivity contribution in [1.82, 2.24) is 0 Å². The Morgan fingerprint density at radius 3 is 2.33 bits per heavy atom. The van der Waals surface area contributed by atoms with Crippen molar-refractivity contribution in [2.24, 2.45) is 17.8 Å². The summed E-state index contributed by atoms with van der Waals surface area (Å²) < 4.78 is 4.97. The summed E-state index contributed by atoms with van der Waals surface area (Å²) in [5.74, 6) is -0.281. The van der Waals surface area contributed by atoms with Gasteiger partial charge in [0.25, 0.3) is 0 Å². The molecule has 0 aromatic carbocycles. The Kier molecular flexibility index (Phi) is 6.77. The van der Waals surface area contributed by atoms with Gasteiger partial charge in [-0.15, -0.1) is 0 Å². The molecule has 0 saturated heterocycles. The quantitative estimate of drug-likeness (QED) is 0.635. The predicted molar refractivity (Wildman–Crippen MR) is 59.0 cm³/mol. The first-order valence-electron chi connectivity index (χ1n) is 5.62. The Labute approximate surface area is 92.4 Å². The highest BCUT2D eigenvalue weighted by atomic mass is 16.5. The van der Waals surface area contributed by atoms with Gasteiger partial charge in [0, 0.05) is 0 Å². The van der Waals surface area contributed by atoms with Crippen molar-refractivity contribution in [1.29, 1.82) is 5.26 Å². The molecule has 0 fully saturated rings. The number of esters is 1. The van der Waals surface area contributed by atoms with E-state index in [-0.39, 0.29) is 17.8 Å².